The Morgan fingerprint density at radius 1 is 1.27 bits per heavy atom. The van der Waals surface area contributed by atoms with Gasteiger partial charge in [0.2, 0.25) is 5.91 Å². The summed E-state index contributed by atoms with van der Waals surface area (Å²) in [7, 11) is 0. The first kappa shape index (κ1) is 14.2. The Hall–Kier alpha value is -0.830. The highest BCUT2D eigenvalue weighted by Gasteiger charge is 2.07. The van der Waals surface area contributed by atoms with Gasteiger partial charge in [-0.2, -0.15) is 0 Å². The number of amides is 1. The van der Waals surface area contributed by atoms with E-state index in [0.29, 0.717) is 6.42 Å². The molecule has 0 aromatic rings. The lowest BCUT2D eigenvalue weighted by Gasteiger charge is -2.18. The maximum Gasteiger partial charge on any atom is 0.223 e. The molecule has 0 aromatic carbocycles. The van der Waals surface area contributed by atoms with Crippen molar-refractivity contribution in [2.45, 2.75) is 33.6 Å². The van der Waals surface area contributed by atoms with Crippen LogP contribution in [0.15, 0.2) is 12.2 Å². The zero-order valence-electron chi connectivity index (χ0n) is 10.3. The molecule has 0 spiro atoms. The van der Waals surface area contributed by atoms with E-state index in [0.717, 1.165) is 32.6 Å². The second-order valence-corrected chi connectivity index (χ2v) is 3.60. The van der Waals surface area contributed by atoms with E-state index in [1.807, 2.05) is 18.7 Å². The van der Waals surface area contributed by atoms with Crippen molar-refractivity contribution < 1.29 is 4.79 Å². The topological polar surface area (TPSA) is 32.3 Å². The van der Waals surface area contributed by atoms with Gasteiger partial charge in [-0.3, -0.25) is 4.79 Å². The maximum absolute atomic E-state index is 11.6. The van der Waals surface area contributed by atoms with Crippen molar-refractivity contribution in [3.8, 4) is 0 Å². The summed E-state index contributed by atoms with van der Waals surface area (Å²) in [6, 6.07) is 0. The molecule has 0 aromatic heterocycles. The zero-order valence-corrected chi connectivity index (χ0v) is 10.3. The van der Waals surface area contributed by atoms with Gasteiger partial charge in [-0.15, -0.1) is 0 Å². The zero-order chi connectivity index (χ0) is 11.7. The summed E-state index contributed by atoms with van der Waals surface area (Å²) in [5, 5.41) is 3.22. The van der Waals surface area contributed by atoms with Crippen LogP contribution in [0.3, 0.4) is 0 Å². The summed E-state index contributed by atoms with van der Waals surface area (Å²) >= 11 is 0. The molecule has 0 fully saturated rings. The first-order valence-electron chi connectivity index (χ1n) is 5.80. The van der Waals surface area contributed by atoms with Crippen molar-refractivity contribution >= 4 is 5.91 Å². The van der Waals surface area contributed by atoms with Gasteiger partial charge in [0.15, 0.2) is 0 Å². The number of rotatable bonds is 8. The second kappa shape index (κ2) is 8.48. The van der Waals surface area contributed by atoms with Crippen LogP contribution in [-0.4, -0.2) is 37.0 Å². The Kier molecular flexibility index (Phi) is 8.01. The molecule has 1 amide bonds. The highest BCUT2D eigenvalue weighted by atomic mass is 16.2. The molecular formula is C12H24N2O. The molecule has 1 N–H and O–H groups in total. The van der Waals surface area contributed by atoms with Crippen LogP contribution < -0.4 is 5.32 Å². The fraction of sp³-hybridized carbons (Fsp3) is 0.750. The van der Waals surface area contributed by atoms with Gasteiger partial charge in [-0.1, -0.05) is 19.1 Å². The van der Waals surface area contributed by atoms with Crippen molar-refractivity contribution in [2.24, 2.45) is 0 Å². The minimum atomic E-state index is 0.231. The van der Waals surface area contributed by atoms with Gasteiger partial charge in [0.25, 0.3) is 0 Å². The van der Waals surface area contributed by atoms with Gasteiger partial charge in [0.05, 0.1) is 0 Å². The molecule has 0 saturated heterocycles. The van der Waals surface area contributed by atoms with Crippen LogP contribution in [-0.2, 0) is 4.79 Å². The number of nitrogens with zero attached hydrogens (tertiary/aromatic N) is 1. The molecule has 88 valence electrons. The molecule has 0 heterocycles. The minimum Gasteiger partial charge on any atom is -0.343 e. The monoisotopic (exact) mass is 212 g/mol. The van der Waals surface area contributed by atoms with Crippen molar-refractivity contribution in [3.05, 3.63) is 12.2 Å². The van der Waals surface area contributed by atoms with Gasteiger partial charge in [-0.05, 0) is 20.3 Å². The minimum absolute atomic E-state index is 0.231. The lowest BCUT2D eigenvalue weighted by molar-refractivity contribution is -0.130. The third kappa shape index (κ3) is 6.28. The molecule has 0 unspecified atom stereocenters. The van der Waals surface area contributed by atoms with E-state index in [2.05, 4.69) is 18.8 Å². The second-order valence-electron chi connectivity index (χ2n) is 3.60. The van der Waals surface area contributed by atoms with Crippen molar-refractivity contribution in [1.82, 2.24) is 10.2 Å². The predicted octanol–water partition coefficient (Wildman–Crippen LogP) is 1.80. The van der Waals surface area contributed by atoms with Crippen LogP contribution in [0.25, 0.3) is 0 Å². The Labute approximate surface area is 93.5 Å². The molecule has 0 aliphatic carbocycles. The summed E-state index contributed by atoms with van der Waals surface area (Å²) in [6.07, 6.45) is 1.58. The predicted molar refractivity (Wildman–Crippen MR) is 64.8 cm³/mol. The average molecular weight is 212 g/mol. The molecule has 0 radical (unpaired) electrons. The van der Waals surface area contributed by atoms with E-state index in [1.165, 1.54) is 5.57 Å². The lowest BCUT2D eigenvalue weighted by atomic mass is 10.2. The normalized spacial score (nSPS) is 10.1. The Bertz CT molecular complexity index is 198. The van der Waals surface area contributed by atoms with E-state index in [-0.39, 0.29) is 5.91 Å². The number of nitrogens with one attached hydrogen (secondary N) is 1. The smallest absolute Gasteiger partial charge is 0.223 e. The van der Waals surface area contributed by atoms with Gasteiger partial charge >= 0.3 is 0 Å². The van der Waals surface area contributed by atoms with Gasteiger partial charge in [0.1, 0.15) is 0 Å². The SMILES string of the molecule is C=C(CC)CNCCC(=O)N(CC)CC. The highest BCUT2D eigenvalue weighted by molar-refractivity contribution is 5.76. The van der Waals surface area contributed by atoms with Crippen LogP contribution in [0.4, 0.5) is 0 Å². The van der Waals surface area contributed by atoms with Crippen molar-refractivity contribution in [3.63, 3.8) is 0 Å². The molecule has 0 aliphatic heterocycles. The van der Waals surface area contributed by atoms with E-state index >= 15 is 0 Å². The van der Waals surface area contributed by atoms with Gasteiger partial charge < -0.3 is 10.2 Å². The van der Waals surface area contributed by atoms with E-state index in [1.54, 1.807) is 0 Å². The fourth-order valence-electron chi connectivity index (χ4n) is 1.32. The van der Waals surface area contributed by atoms with E-state index in [9.17, 15) is 4.79 Å². The van der Waals surface area contributed by atoms with Crippen LogP contribution >= 0.6 is 0 Å². The number of hydrogen-bond acceptors (Lipinski definition) is 2. The Morgan fingerprint density at radius 2 is 1.87 bits per heavy atom. The summed E-state index contributed by atoms with van der Waals surface area (Å²) in [6.45, 7) is 13.2. The quantitative estimate of drug-likeness (QED) is 0.491. The summed E-state index contributed by atoms with van der Waals surface area (Å²) in [5.74, 6) is 0.231. The molecular weight excluding hydrogens is 188 g/mol. The fourth-order valence-corrected chi connectivity index (χ4v) is 1.32. The summed E-state index contributed by atoms with van der Waals surface area (Å²) < 4.78 is 0. The lowest BCUT2D eigenvalue weighted by Crippen LogP contribution is -2.33. The first-order chi connectivity index (χ1) is 7.15. The largest absolute Gasteiger partial charge is 0.343 e. The third-order valence-corrected chi connectivity index (χ3v) is 2.51. The summed E-state index contributed by atoms with van der Waals surface area (Å²) in [5.41, 5.74) is 1.19. The molecule has 3 heteroatoms. The number of hydrogen-bond donors (Lipinski definition) is 1. The molecule has 0 atom stereocenters. The molecule has 0 rings (SSSR count). The molecule has 15 heavy (non-hydrogen) atoms. The first-order valence-corrected chi connectivity index (χ1v) is 5.80. The van der Waals surface area contributed by atoms with Crippen molar-refractivity contribution in [2.75, 3.05) is 26.2 Å². The Morgan fingerprint density at radius 3 is 2.33 bits per heavy atom. The van der Waals surface area contributed by atoms with Crippen LogP contribution in [0.5, 0.6) is 0 Å². The molecule has 0 bridgehead atoms. The Balaban J connectivity index is 3.58. The van der Waals surface area contributed by atoms with E-state index < -0.39 is 0 Å². The summed E-state index contributed by atoms with van der Waals surface area (Å²) in [4.78, 5) is 13.4. The van der Waals surface area contributed by atoms with Crippen LogP contribution in [0.2, 0.25) is 0 Å². The molecule has 3 nitrogen and oxygen atoms in total. The molecule has 0 saturated carbocycles. The van der Waals surface area contributed by atoms with Crippen molar-refractivity contribution in [1.29, 1.82) is 0 Å². The van der Waals surface area contributed by atoms with Crippen LogP contribution in [0, 0.1) is 0 Å². The standard InChI is InChI=1S/C12H24N2O/c1-5-11(4)10-13-9-8-12(15)14(6-2)7-3/h13H,4-10H2,1-3H3. The third-order valence-electron chi connectivity index (χ3n) is 2.51. The highest BCUT2D eigenvalue weighted by Crippen LogP contribution is 1.95. The molecule has 0 aliphatic rings. The van der Waals surface area contributed by atoms with E-state index in [4.69, 9.17) is 0 Å². The maximum atomic E-state index is 11.6. The van der Waals surface area contributed by atoms with Crippen LogP contribution in [0.1, 0.15) is 33.6 Å². The van der Waals surface area contributed by atoms with Gasteiger partial charge in [-0.25, -0.2) is 0 Å². The average Bonchev–Trinajstić information content (AvgIpc) is 2.25. The van der Waals surface area contributed by atoms with Gasteiger partial charge in [0, 0.05) is 32.6 Å². The number of carbonyl (C=O) groups excluding carboxylic acids is 1. The number of carbonyl (C=O) groups is 1.